The topological polar surface area (TPSA) is 69.1 Å². The highest BCUT2D eigenvalue weighted by Gasteiger charge is 2.11. The summed E-state index contributed by atoms with van der Waals surface area (Å²) in [7, 11) is 0. The van der Waals surface area contributed by atoms with E-state index in [1.807, 2.05) is 0 Å². The molecule has 3 heteroatoms. The van der Waals surface area contributed by atoms with Crippen molar-refractivity contribution in [3.8, 4) is 0 Å². The lowest BCUT2D eigenvalue weighted by molar-refractivity contribution is 0.0374. The molecule has 3 nitrogen and oxygen atoms in total. The summed E-state index contributed by atoms with van der Waals surface area (Å²) in [5, 5.41) is 15.5. The van der Waals surface area contributed by atoms with E-state index >= 15 is 0 Å². The molecule has 0 aliphatic rings. The summed E-state index contributed by atoms with van der Waals surface area (Å²) in [5.41, 5.74) is 5.03. The molecule has 0 heterocycles. The zero-order valence-electron chi connectivity index (χ0n) is 4.39. The summed E-state index contributed by atoms with van der Waals surface area (Å²) in [6.45, 7) is 1.79. The molecule has 0 bridgehead atoms. The van der Waals surface area contributed by atoms with Crippen LogP contribution in [-0.2, 0) is 0 Å². The third-order valence-electron chi connectivity index (χ3n) is 0.836. The van der Waals surface area contributed by atoms with Gasteiger partial charge in [0.15, 0.2) is 6.10 Å². The Morgan fingerprint density at radius 1 is 1.86 bits per heavy atom. The zero-order chi connectivity index (χ0) is 5.86. The van der Waals surface area contributed by atoms with Gasteiger partial charge >= 0.3 is 0 Å². The Morgan fingerprint density at radius 3 is 2.29 bits per heavy atom. The SMILES string of the molecule is CC(O)C([OH2+])CN. The van der Waals surface area contributed by atoms with Gasteiger partial charge in [-0.15, -0.1) is 0 Å². The van der Waals surface area contributed by atoms with Crippen molar-refractivity contribution in [1.82, 2.24) is 0 Å². The number of hydrogen-bond donors (Lipinski definition) is 2. The molecule has 0 amide bonds. The molecular weight excluding hydrogens is 94.0 g/mol. The van der Waals surface area contributed by atoms with Gasteiger partial charge in [-0.1, -0.05) is 0 Å². The van der Waals surface area contributed by atoms with Gasteiger partial charge in [0.2, 0.25) is 0 Å². The highest BCUT2D eigenvalue weighted by molar-refractivity contribution is 4.60. The van der Waals surface area contributed by atoms with Gasteiger partial charge in [-0.25, -0.2) is 0 Å². The van der Waals surface area contributed by atoms with Gasteiger partial charge in [0.25, 0.3) is 0 Å². The average Bonchev–Trinajstić information content (AvgIpc) is 1.65. The van der Waals surface area contributed by atoms with Crippen LogP contribution in [0.15, 0.2) is 0 Å². The molecule has 0 aromatic rings. The van der Waals surface area contributed by atoms with Crippen molar-refractivity contribution in [1.29, 1.82) is 0 Å². The predicted molar refractivity (Wildman–Crippen MR) is 28.1 cm³/mol. The van der Waals surface area contributed by atoms with E-state index in [2.05, 4.69) is 0 Å². The fourth-order valence-electron chi connectivity index (χ4n) is 0.197. The Labute approximate surface area is 42.8 Å². The van der Waals surface area contributed by atoms with Gasteiger partial charge in [0.05, 0.1) is 6.54 Å². The van der Waals surface area contributed by atoms with E-state index in [1.54, 1.807) is 6.92 Å². The second-order valence-electron chi connectivity index (χ2n) is 1.58. The maximum Gasteiger partial charge on any atom is 0.192 e. The van der Waals surface area contributed by atoms with E-state index in [0.717, 1.165) is 0 Å². The Kier molecular flexibility index (Phi) is 2.91. The lowest BCUT2D eigenvalue weighted by Gasteiger charge is -2.04. The first-order valence-electron chi connectivity index (χ1n) is 2.27. The van der Waals surface area contributed by atoms with Crippen LogP contribution in [0.25, 0.3) is 0 Å². The van der Waals surface area contributed by atoms with Crippen LogP contribution in [-0.4, -0.2) is 29.0 Å². The van der Waals surface area contributed by atoms with Gasteiger partial charge in [-0.2, -0.15) is 0 Å². The molecule has 0 aliphatic heterocycles. The van der Waals surface area contributed by atoms with Crippen LogP contribution in [0, 0.1) is 0 Å². The van der Waals surface area contributed by atoms with E-state index < -0.39 is 12.2 Å². The molecule has 0 aromatic carbocycles. The van der Waals surface area contributed by atoms with Crippen molar-refractivity contribution in [2.24, 2.45) is 5.73 Å². The first kappa shape index (κ1) is 6.88. The molecule has 0 spiro atoms. The summed E-state index contributed by atoms with van der Waals surface area (Å²) in [4.78, 5) is 0. The van der Waals surface area contributed by atoms with Crippen molar-refractivity contribution in [3.63, 3.8) is 0 Å². The standard InChI is InChI=1S/C4H11NO2/c1-3(6)4(7)2-5/h3-4,6-7H,2,5H2,1H3/p+1. The first-order chi connectivity index (χ1) is 3.18. The molecule has 0 fully saturated rings. The molecule has 0 saturated heterocycles. The average molecular weight is 106 g/mol. The second-order valence-corrected chi connectivity index (χ2v) is 1.58. The summed E-state index contributed by atoms with van der Waals surface area (Å²) in [6, 6.07) is 0. The number of rotatable bonds is 2. The van der Waals surface area contributed by atoms with Crippen LogP contribution in [0.5, 0.6) is 0 Å². The van der Waals surface area contributed by atoms with Crippen LogP contribution >= 0.6 is 0 Å². The third-order valence-corrected chi connectivity index (χ3v) is 0.836. The highest BCUT2D eigenvalue weighted by Crippen LogP contribution is 1.85. The van der Waals surface area contributed by atoms with E-state index in [0.29, 0.717) is 0 Å². The van der Waals surface area contributed by atoms with Crippen LogP contribution in [0.3, 0.4) is 0 Å². The lowest BCUT2D eigenvalue weighted by atomic mass is 10.2. The van der Waals surface area contributed by atoms with Crippen molar-refractivity contribution >= 4 is 0 Å². The number of aliphatic hydroxyl groups is 1. The van der Waals surface area contributed by atoms with Gasteiger partial charge < -0.3 is 15.9 Å². The number of aliphatic hydroxyl groups excluding tert-OH is 1. The maximum atomic E-state index is 8.55. The molecule has 0 aliphatic carbocycles. The molecule has 7 heavy (non-hydrogen) atoms. The van der Waals surface area contributed by atoms with E-state index in [-0.39, 0.29) is 6.54 Å². The minimum absolute atomic E-state index is 0.234. The van der Waals surface area contributed by atoms with Gasteiger partial charge in [0, 0.05) is 0 Å². The second kappa shape index (κ2) is 2.96. The molecule has 5 N–H and O–H groups in total. The highest BCUT2D eigenvalue weighted by atomic mass is 16.3. The summed E-state index contributed by atoms with van der Waals surface area (Å²) in [6.07, 6.45) is -1.11. The van der Waals surface area contributed by atoms with Crippen molar-refractivity contribution in [2.75, 3.05) is 6.54 Å². The Bertz CT molecular complexity index is 47.0. The summed E-state index contributed by atoms with van der Waals surface area (Å²) >= 11 is 0. The molecular formula is C4H12NO2+. The molecule has 0 radical (unpaired) electrons. The minimum Gasteiger partial charge on any atom is -0.440 e. The quantitative estimate of drug-likeness (QED) is 0.417. The van der Waals surface area contributed by atoms with E-state index in [1.165, 1.54) is 0 Å². The molecule has 0 rings (SSSR count). The third kappa shape index (κ3) is 2.56. The molecule has 0 aromatic heterocycles. The monoisotopic (exact) mass is 106 g/mol. The Balaban J connectivity index is 3.14. The lowest BCUT2D eigenvalue weighted by Crippen LogP contribution is -2.30. The van der Waals surface area contributed by atoms with Crippen LogP contribution in [0.2, 0.25) is 0 Å². The van der Waals surface area contributed by atoms with Crippen molar-refractivity contribution in [2.45, 2.75) is 19.1 Å². The zero-order valence-corrected chi connectivity index (χ0v) is 4.39. The summed E-state index contributed by atoms with van der Waals surface area (Å²) < 4.78 is 0. The molecule has 2 atom stereocenters. The van der Waals surface area contributed by atoms with E-state index in [9.17, 15) is 0 Å². The fraction of sp³-hybridized carbons (Fsp3) is 1.00. The number of nitrogens with two attached hydrogens (primary N) is 1. The molecule has 44 valence electrons. The smallest absolute Gasteiger partial charge is 0.192 e. The van der Waals surface area contributed by atoms with Crippen LogP contribution < -0.4 is 5.73 Å². The van der Waals surface area contributed by atoms with Crippen LogP contribution in [0.4, 0.5) is 0 Å². The van der Waals surface area contributed by atoms with Crippen LogP contribution in [0.1, 0.15) is 6.92 Å². The summed E-state index contributed by atoms with van der Waals surface area (Å²) in [5.74, 6) is 0. The van der Waals surface area contributed by atoms with E-state index in [4.69, 9.17) is 15.9 Å². The van der Waals surface area contributed by atoms with Gasteiger partial charge in [-0.3, -0.25) is 0 Å². The maximum absolute atomic E-state index is 8.55. The predicted octanol–water partition coefficient (Wildman–Crippen LogP) is -1.58. The Morgan fingerprint density at radius 2 is 2.29 bits per heavy atom. The normalized spacial score (nSPS) is 18.9. The molecule has 0 saturated carbocycles. The number of hydrogen-bond acceptors (Lipinski definition) is 2. The van der Waals surface area contributed by atoms with Gasteiger partial charge in [-0.05, 0) is 6.92 Å². The van der Waals surface area contributed by atoms with Gasteiger partial charge in [0.1, 0.15) is 6.10 Å². The minimum atomic E-state index is -0.593. The first-order valence-corrected chi connectivity index (χ1v) is 2.27. The largest absolute Gasteiger partial charge is 0.440 e. The Hall–Kier alpha value is -0.120. The molecule has 2 unspecified atom stereocenters. The van der Waals surface area contributed by atoms with Crippen molar-refractivity contribution < 1.29 is 10.2 Å². The fourth-order valence-corrected chi connectivity index (χ4v) is 0.197. The van der Waals surface area contributed by atoms with Crippen molar-refractivity contribution in [3.05, 3.63) is 0 Å².